The molecule has 23 heavy (non-hydrogen) atoms. The van der Waals surface area contributed by atoms with Crippen molar-refractivity contribution in [3.8, 4) is 0 Å². The number of nitro benzene ring substituents is 1. The van der Waals surface area contributed by atoms with Crippen LogP contribution in [0.15, 0.2) is 54.7 Å². The van der Waals surface area contributed by atoms with E-state index in [0.29, 0.717) is 10.9 Å². The van der Waals surface area contributed by atoms with Gasteiger partial charge in [-0.05, 0) is 12.1 Å². The van der Waals surface area contributed by atoms with Crippen molar-refractivity contribution < 1.29 is 19.6 Å². The summed E-state index contributed by atoms with van der Waals surface area (Å²) in [5.74, 6) is -1.82. The number of nitro groups is 1. The van der Waals surface area contributed by atoms with Crippen LogP contribution in [0.4, 0.5) is 5.69 Å². The average Bonchev–Trinajstić information content (AvgIpc) is 2.94. The van der Waals surface area contributed by atoms with Crippen LogP contribution in [0.2, 0.25) is 0 Å². The highest BCUT2D eigenvalue weighted by Gasteiger charge is 2.24. The summed E-state index contributed by atoms with van der Waals surface area (Å²) in [7, 11) is 0. The molecule has 0 spiro atoms. The highest BCUT2D eigenvalue weighted by molar-refractivity contribution is 6.10. The number of fused-ring (bicyclic) bond motifs is 1. The largest absolute Gasteiger partial charge is 0.478 e. The second-order valence-electron chi connectivity index (χ2n) is 4.81. The number of hydrogen-bond donors (Lipinski definition) is 1. The van der Waals surface area contributed by atoms with Gasteiger partial charge in [-0.2, -0.15) is 0 Å². The SMILES string of the molecule is O=C(O)c1cn(C(=O)c2ccccc2[N+](=O)[O-])c2ccccc12. The molecule has 1 aromatic heterocycles. The number of carbonyl (C=O) groups excluding carboxylic acids is 1. The molecule has 1 heterocycles. The molecule has 0 aliphatic rings. The van der Waals surface area contributed by atoms with Gasteiger partial charge < -0.3 is 5.11 Å². The lowest BCUT2D eigenvalue weighted by atomic mass is 10.1. The number of carboxylic acid groups (broad SMARTS) is 1. The van der Waals surface area contributed by atoms with Crippen molar-refractivity contribution in [2.24, 2.45) is 0 Å². The van der Waals surface area contributed by atoms with Crippen LogP contribution in [0.5, 0.6) is 0 Å². The van der Waals surface area contributed by atoms with Gasteiger partial charge in [0.1, 0.15) is 5.56 Å². The van der Waals surface area contributed by atoms with Gasteiger partial charge in [0, 0.05) is 17.6 Å². The lowest BCUT2D eigenvalue weighted by Gasteiger charge is -2.04. The third kappa shape index (κ3) is 2.34. The summed E-state index contributed by atoms with van der Waals surface area (Å²) in [6.45, 7) is 0. The normalized spacial score (nSPS) is 10.6. The fraction of sp³-hybridized carbons (Fsp3) is 0. The van der Waals surface area contributed by atoms with E-state index in [1.165, 1.54) is 30.5 Å². The van der Waals surface area contributed by atoms with Gasteiger partial charge in [-0.15, -0.1) is 0 Å². The summed E-state index contributed by atoms with van der Waals surface area (Å²) < 4.78 is 1.13. The molecule has 0 saturated carbocycles. The molecule has 0 aliphatic carbocycles. The Balaban J connectivity index is 2.24. The lowest BCUT2D eigenvalue weighted by Crippen LogP contribution is -2.13. The van der Waals surface area contributed by atoms with Crippen LogP contribution < -0.4 is 0 Å². The minimum atomic E-state index is -1.17. The monoisotopic (exact) mass is 310 g/mol. The lowest BCUT2D eigenvalue weighted by molar-refractivity contribution is -0.385. The van der Waals surface area contributed by atoms with Gasteiger partial charge in [0.25, 0.3) is 11.6 Å². The van der Waals surface area contributed by atoms with E-state index in [2.05, 4.69) is 0 Å². The smallest absolute Gasteiger partial charge is 0.337 e. The first-order chi connectivity index (χ1) is 11.0. The van der Waals surface area contributed by atoms with E-state index in [0.717, 1.165) is 4.57 Å². The molecule has 0 amide bonds. The Morgan fingerprint density at radius 3 is 2.35 bits per heavy atom. The maximum atomic E-state index is 12.7. The van der Waals surface area contributed by atoms with Crippen molar-refractivity contribution in [3.63, 3.8) is 0 Å². The summed E-state index contributed by atoms with van der Waals surface area (Å²) in [6, 6.07) is 12.1. The summed E-state index contributed by atoms with van der Waals surface area (Å²) in [4.78, 5) is 34.5. The fourth-order valence-electron chi connectivity index (χ4n) is 2.46. The highest BCUT2D eigenvalue weighted by atomic mass is 16.6. The van der Waals surface area contributed by atoms with Crippen molar-refractivity contribution >= 4 is 28.5 Å². The van der Waals surface area contributed by atoms with Gasteiger partial charge in [-0.25, -0.2) is 4.79 Å². The van der Waals surface area contributed by atoms with Crippen LogP contribution in [-0.4, -0.2) is 26.5 Å². The number of hydrogen-bond acceptors (Lipinski definition) is 4. The minimum Gasteiger partial charge on any atom is -0.478 e. The number of carbonyl (C=O) groups is 2. The zero-order valence-corrected chi connectivity index (χ0v) is 11.7. The molecule has 0 fully saturated rings. The summed E-state index contributed by atoms with van der Waals surface area (Å²) in [5.41, 5.74) is -0.0806. The quantitative estimate of drug-likeness (QED) is 0.592. The van der Waals surface area contributed by atoms with Crippen LogP contribution in [0.3, 0.4) is 0 Å². The van der Waals surface area contributed by atoms with E-state index >= 15 is 0 Å². The Morgan fingerprint density at radius 1 is 1.00 bits per heavy atom. The molecule has 7 nitrogen and oxygen atoms in total. The fourth-order valence-corrected chi connectivity index (χ4v) is 2.46. The topological polar surface area (TPSA) is 102 Å². The second kappa shape index (κ2) is 5.38. The molecular weight excluding hydrogens is 300 g/mol. The van der Waals surface area contributed by atoms with Crippen LogP contribution in [0.25, 0.3) is 10.9 Å². The van der Waals surface area contributed by atoms with Gasteiger partial charge in [-0.3, -0.25) is 19.5 Å². The summed E-state index contributed by atoms with van der Waals surface area (Å²) in [6.07, 6.45) is 1.19. The van der Waals surface area contributed by atoms with Crippen LogP contribution in [0, 0.1) is 10.1 Å². The molecule has 0 radical (unpaired) electrons. The first-order valence-electron chi connectivity index (χ1n) is 6.62. The summed E-state index contributed by atoms with van der Waals surface area (Å²) >= 11 is 0. The number of carboxylic acids is 1. The second-order valence-corrected chi connectivity index (χ2v) is 4.81. The maximum absolute atomic E-state index is 12.7. The molecule has 0 unspecified atom stereocenters. The third-order valence-corrected chi connectivity index (χ3v) is 3.49. The first-order valence-corrected chi connectivity index (χ1v) is 6.62. The molecule has 7 heteroatoms. The molecule has 1 N–H and O–H groups in total. The van der Waals surface area contributed by atoms with Gasteiger partial charge in [0.2, 0.25) is 0 Å². The zero-order chi connectivity index (χ0) is 16.6. The Bertz CT molecular complexity index is 958. The molecule has 3 rings (SSSR count). The number of benzene rings is 2. The van der Waals surface area contributed by atoms with E-state index < -0.39 is 16.8 Å². The molecule has 0 saturated heterocycles. The van der Waals surface area contributed by atoms with Gasteiger partial charge in [-0.1, -0.05) is 30.3 Å². The Morgan fingerprint density at radius 2 is 1.65 bits per heavy atom. The Labute approximate surface area is 129 Å². The molecule has 114 valence electrons. The number of aromatic carboxylic acids is 1. The molecule has 2 aromatic carbocycles. The first kappa shape index (κ1) is 14.5. The number of aromatic nitrogens is 1. The van der Waals surface area contributed by atoms with Crippen molar-refractivity contribution in [2.75, 3.05) is 0 Å². The minimum absolute atomic E-state index is 0.0347. The van der Waals surface area contributed by atoms with Gasteiger partial charge >= 0.3 is 5.97 Å². The van der Waals surface area contributed by atoms with E-state index in [1.807, 2.05) is 0 Å². The Hall–Kier alpha value is -3.48. The van der Waals surface area contributed by atoms with Crippen molar-refractivity contribution in [3.05, 3.63) is 76.0 Å². The van der Waals surface area contributed by atoms with E-state index in [4.69, 9.17) is 0 Å². The molecular formula is C16H10N2O5. The third-order valence-electron chi connectivity index (χ3n) is 3.49. The van der Waals surface area contributed by atoms with E-state index in [1.54, 1.807) is 24.3 Å². The highest BCUT2D eigenvalue weighted by Crippen LogP contribution is 2.25. The number of rotatable bonds is 3. The van der Waals surface area contributed by atoms with Crippen molar-refractivity contribution in [2.45, 2.75) is 0 Å². The number of para-hydroxylation sites is 2. The van der Waals surface area contributed by atoms with Gasteiger partial charge in [0.05, 0.1) is 16.0 Å². The van der Waals surface area contributed by atoms with E-state index in [9.17, 15) is 24.8 Å². The summed E-state index contributed by atoms with van der Waals surface area (Å²) in [5, 5.41) is 20.7. The standard InChI is InChI=1S/C16H10N2O5/c19-15(11-6-2-4-8-14(11)18(22)23)17-9-12(16(20)21)10-5-1-3-7-13(10)17/h1-9H,(H,20,21). The number of nitrogens with zero attached hydrogens (tertiary/aromatic N) is 2. The maximum Gasteiger partial charge on any atom is 0.337 e. The van der Waals surface area contributed by atoms with Gasteiger partial charge in [0.15, 0.2) is 0 Å². The van der Waals surface area contributed by atoms with Crippen molar-refractivity contribution in [1.29, 1.82) is 0 Å². The van der Waals surface area contributed by atoms with Crippen LogP contribution in [0.1, 0.15) is 20.7 Å². The molecule has 3 aromatic rings. The molecule has 0 aliphatic heterocycles. The molecule has 0 atom stereocenters. The Kier molecular flexibility index (Phi) is 3.38. The molecule has 0 bridgehead atoms. The average molecular weight is 310 g/mol. The predicted octanol–water partition coefficient (Wildman–Crippen LogP) is 2.94. The van der Waals surface area contributed by atoms with Crippen molar-refractivity contribution in [1.82, 2.24) is 4.57 Å². The zero-order valence-electron chi connectivity index (χ0n) is 11.7. The van der Waals surface area contributed by atoms with E-state index in [-0.39, 0.29) is 16.8 Å². The van der Waals surface area contributed by atoms with Crippen LogP contribution >= 0.6 is 0 Å². The predicted molar refractivity (Wildman–Crippen MR) is 81.7 cm³/mol. The van der Waals surface area contributed by atoms with Crippen LogP contribution in [-0.2, 0) is 0 Å².